The summed E-state index contributed by atoms with van der Waals surface area (Å²) in [5.41, 5.74) is 2.23. The highest BCUT2D eigenvalue weighted by molar-refractivity contribution is 7.13. The highest BCUT2D eigenvalue weighted by Gasteiger charge is 2.24. The van der Waals surface area contributed by atoms with Gasteiger partial charge >= 0.3 is 0 Å². The third-order valence-corrected chi connectivity index (χ3v) is 6.79. The number of carbonyl (C=O) groups is 1. The molecular weight excluding hydrogens is 460 g/mol. The Hall–Kier alpha value is -3.66. The molecule has 0 radical (unpaired) electrons. The lowest BCUT2D eigenvalue weighted by atomic mass is 10.2. The third kappa shape index (κ3) is 4.54. The second-order valence-electron chi connectivity index (χ2n) is 7.87. The van der Waals surface area contributed by atoms with Crippen molar-refractivity contribution >= 4 is 17.2 Å². The van der Waals surface area contributed by atoms with E-state index in [0.717, 1.165) is 10.6 Å². The first-order valence-electron chi connectivity index (χ1n) is 10.8. The monoisotopic (exact) mass is 481 g/mol. The lowest BCUT2D eigenvalue weighted by Gasteiger charge is -2.20. The van der Waals surface area contributed by atoms with Gasteiger partial charge in [0.25, 0.3) is 5.19 Å². The van der Waals surface area contributed by atoms with Gasteiger partial charge in [-0.15, -0.1) is 5.10 Å². The normalized spacial score (nSPS) is 13.4. The largest absolute Gasteiger partial charge is 0.473 e. The Bertz CT molecular complexity index is 1290. The molecule has 2 aromatic carbocycles. The lowest BCUT2D eigenvalue weighted by molar-refractivity contribution is -0.131. The molecule has 0 spiro atoms. The van der Waals surface area contributed by atoms with Gasteiger partial charge in [-0.2, -0.15) is 0 Å². The van der Waals surface area contributed by atoms with Crippen molar-refractivity contribution in [3.05, 3.63) is 70.7 Å². The van der Waals surface area contributed by atoms with Gasteiger partial charge in [0.15, 0.2) is 11.6 Å². The number of fused-ring (bicyclic) bond motifs is 1. The Kier molecular flexibility index (Phi) is 6.06. The second-order valence-corrected chi connectivity index (χ2v) is 8.91. The summed E-state index contributed by atoms with van der Waals surface area (Å²) in [6.07, 6.45) is 1.37. The molecule has 0 aliphatic carbocycles. The minimum atomic E-state index is -0.369. The highest BCUT2D eigenvalue weighted by atomic mass is 32.1. The van der Waals surface area contributed by atoms with Crippen molar-refractivity contribution in [3.8, 4) is 28.0 Å². The van der Waals surface area contributed by atoms with E-state index >= 15 is 0 Å². The van der Waals surface area contributed by atoms with Crippen molar-refractivity contribution in [2.24, 2.45) is 0 Å². The molecule has 0 atom stereocenters. The topological polar surface area (TPSA) is 73.1 Å². The molecule has 7 nitrogen and oxygen atoms in total. The van der Waals surface area contributed by atoms with Gasteiger partial charge in [0.1, 0.15) is 18.2 Å². The maximum atomic E-state index is 13.5. The van der Waals surface area contributed by atoms with Gasteiger partial charge in [-0.25, -0.2) is 23.4 Å². The Morgan fingerprint density at radius 2 is 1.62 bits per heavy atom. The molecule has 0 N–H and O–H groups in total. The fourth-order valence-corrected chi connectivity index (χ4v) is 4.80. The molecule has 0 unspecified atom stereocenters. The van der Waals surface area contributed by atoms with Crippen LogP contribution >= 0.6 is 11.3 Å². The number of aromatic nitrogens is 4. The van der Waals surface area contributed by atoms with E-state index in [0.29, 0.717) is 53.9 Å². The molecule has 0 bridgehead atoms. The molecule has 5 rings (SSSR count). The summed E-state index contributed by atoms with van der Waals surface area (Å²) in [6, 6.07) is 11.7. The van der Waals surface area contributed by atoms with Crippen molar-refractivity contribution in [2.75, 3.05) is 20.2 Å². The van der Waals surface area contributed by atoms with Crippen LogP contribution in [0.25, 0.3) is 22.8 Å². The van der Waals surface area contributed by atoms with E-state index in [-0.39, 0.29) is 24.1 Å². The van der Waals surface area contributed by atoms with E-state index in [1.54, 1.807) is 36.3 Å². The van der Waals surface area contributed by atoms with Gasteiger partial charge in [0, 0.05) is 41.9 Å². The molecule has 1 aliphatic heterocycles. The highest BCUT2D eigenvalue weighted by Crippen LogP contribution is 2.28. The molecule has 174 valence electrons. The third-order valence-electron chi connectivity index (χ3n) is 5.67. The van der Waals surface area contributed by atoms with Crippen molar-refractivity contribution in [1.82, 2.24) is 24.6 Å². The van der Waals surface area contributed by atoms with E-state index in [9.17, 15) is 13.6 Å². The van der Waals surface area contributed by atoms with Crippen molar-refractivity contribution in [2.45, 2.75) is 19.4 Å². The van der Waals surface area contributed by atoms with E-state index in [4.69, 9.17) is 4.74 Å². The fourth-order valence-electron chi connectivity index (χ4n) is 3.89. The summed E-state index contributed by atoms with van der Waals surface area (Å²) in [4.78, 5) is 25.2. The molecule has 4 aromatic rings. The van der Waals surface area contributed by atoms with Gasteiger partial charge in [0.2, 0.25) is 5.91 Å². The minimum Gasteiger partial charge on any atom is -0.473 e. The summed E-state index contributed by atoms with van der Waals surface area (Å²) in [5.74, 6) is -0.0265. The van der Waals surface area contributed by atoms with Gasteiger partial charge in [0.05, 0.1) is 12.8 Å². The average molecular weight is 482 g/mol. The molecule has 1 aliphatic rings. The van der Waals surface area contributed by atoms with Crippen LogP contribution in [0.5, 0.6) is 5.19 Å². The smallest absolute Gasteiger partial charge is 0.273 e. The van der Waals surface area contributed by atoms with Crippen LogP contribution in [0.1, 0.15) is 10.6 Å². The minimum absolute atomic E-state index is 0.0225. The number of methoxy groups -OCH3 is 1. The van der Waals surface area contributed by atoms with Crippen LogP contribution < -0.4 is 4.74 Å². The number of nitrogens with zero attached hydrogens (tertiary/aromatic N) is 5. The number of thiazole rings is 1. The first-order chi connectivity index (χ1) is 16.5. The van der Waals surface area contributed by atoms with Crippen LogP contribution in [-0.2, 0) is 24.2 Å². The van der Waals surface area contributed by atoms with E-state index in [2.05, 4.69) is 15.1 Å². The number of hydrogen-bond acceptors (Lipinski definition) is 6. The van der Waals surface area contributed by atoms with E-state index in [1.165, 1.54) is 40.3 Å². The zero-order valence-corrected chi connectivity index (χ0v) is 19.2. The second kappa shape index (κ2) is 9.30. The summed E-state index contributed by atoms with van der Waals surface area (Å²) >= 11 is 1.51. The van der Waals surface area contributed by atoms with Crippen molar-refractivity contribution in [1.29, 1.82) is 0 Å². The number of hydrogen-bond donors (Lipinski definition) is 0. The van der Waals surface area contributed by atoms with Crippen molar-refractivity contribution in [3.63, 3.8) is 0 Å². The van der Waals surface area contributed by atoms with Gasteiger partial charge in [-0.1, -0.05) is 11.3 Å². The van der Waals surface area contributed by atoms with Crippen LogP contribution in [0, 0.1) is 11.6 Å². The SMILES string of the molecule is COc1nc2c(s1)CCN(C(=O)Cn1nc(-c3ccc(F)cc3)nc1-c1ccc(F)cc1)CC2. The van der Waals surface area contributed by atoms with Crippen molar-refractivity contribution < 1.29 is 18.3 Å². The Morgan fingerprint density at radius 1 is 0.971 bits per heavy atom. The number of halogens is 2. The fraction of sp³-hybridized carbons (Fsp3) is 0.250. The Morgan fingerprint density at radius 3 is 2.29 bits per heavy atom. The number of benzene rings is 2. The Labute approximate surface area is 198 Å². The van der Waals surface area contributed by atoms with Gasteiger partial charge in [-0.3, -0.25) is 4.79 Å². The van der Waals surface area contributed by atoms with E-state index in [1.807, 2.05) is 0 Å². The average Bonchev–Trinajstić information content (AvgIpc) is 3.38. The zero-order chi connectivity index (χ0) is 23.7. The molecule has 34 heavy (non-hydrogen) atoms. The molecule has 0 fully saturated rings. The summed E-state index contributed by atoms with van der Waals surface area (Å²) < 4.78 is 33.6. The van der Waals surface area contributed by atoms with Gasteiger partial charge in [-0.05, 0) is 48.5 Å². The molecule has 2 aromatic heterocycles. The number of ether oxygens (including phenoxy) is 1. The van der Waals surface area contributed by atoms with E-state index < -0.39 is 0 Å². The van der Waals surface area contributed by atoms with Crippen LogP contribution in [-0.4, -0.2) is 50.8 Å². The number of rotatable bonds is 5. The number of carbonyl (C=O) groups excluding carboxylic acids is 1. The summed E-state index contributed by atoms with van der Waals surface area (Å²) in [6.45, 7) is 1.10. The summed E-state index contributed by atoms with van der Waals surface area (Å²) in [5, 5.41) is 5.18. The first kappa shape index (κ1) is 22.1. The Balaban J connectivity index is 1.40. The molecule has 3 heterocycles. The molecular formula is C24H21F2N5O2S. The van der Waals surface area contributed by atoms with Gasteiger partial charge < -0.3 is 9.64 Å². The standard InChI is InChI=1S/C24H21F2N5O2S/c1-33-24-27-19-10-12-30(13-11-20(19)34-24)21(32)14-31-23(16-4-8-18(26)9-5-16)28-22(29-31)15-2-6-17(25)7-3-15/h2-9H,10-14H2,1H3. The molecule has 10 heteroatoms. The molecule has 1 amide bonds. The molecule has 0 saturated carbocycles. The summed E-state index contributed by atoms with van der Waals surface area (Å²) in [7, 11) is 1.60. The van der Waals surface area contributed by atoms with Crippen LogP contribution in [0.4, 0.5) is 8.78 Å². The predicted molar refractivity (Wildman–Crippen MR) is 123 cm³/mol. The number of amides is 1. The van der Waals surface area contributed by atoms with Crippen LogP contribution in [0.2, 0.25) is 0 Å². The first-order valence-corrected chi connectivity index (χ1v) is 11.6. The maximum Gasteiger partial charge on any atom is 0.273 e. The lowest BCUT2D eigenvalue weighted by Crippen LogP contribution is -2.36. The quantitative estimate of drug-likeness (QED) is 0.431. The zero-order valence-electron chi connectivity index (χ0n) is 18.4. The van der Waals surface area contributed by atoms with Crippen LogP contribution in [0.3, 0.4) is 0 Å². The maximum absolute atomic E-state index is 13.5. The van der Waals surface area contributed by atoms with Crippen LogP contribution in [0.15, 0.2) is 48.5 Å². The molecule has 0 saturated heterocycles. The predicted octanol–water partition coefficient (Wildman–Crippen LogP) is 3.98.